The number of hydrogen-bond donors (Lipinski definition) is 3. The summed E-state index contributed by atoms with van der Waals surface area (Å²) in [6.45, 7) is 4.96. The van der Waals surface area contributed by atoms with Crippen molar-refractivity contribution in [3.8, 4) is 0 Å². The van der Waals surface area contributed by atoms with Crippen molar-refractivity contribution in [2.45, 2.75) is 373 Å². The van der Waals surface area contributed by atoms with E-state index in [-0.39, 0.29) is 18.5 Å². The first kappa shape index (κ1) is 70.3. The summed E-state index contributed by atoms with van der Waals surface area (Å²) in [5, 5.41) is 23.3. The van der Waals surface area contributed by atoms with E-state index in [0.717, 1.165) is 44.9 Å². The van der Waals surface area contributed by atoms with Crippen molar-refractivity contribution in [2.24, 2.45) is 0 Å². The highest BCUT2D eigenvalue weighted by Gasteiger charge is 2.20. The van der Waals surface area contributed by atoms with E-state index in [1.54, 1.807) is 0 Å². The Balaban J connectivity index is 3.40. The third-order valence-corrected chi connectivity index (χ3v) is 15.2. The Kier molecular flexibility index (Phi) is 60.5. The van der Waals surface area contributed by atoms with Crippen LogP contribution < -0.4 is 5.32 Å². The molecule has 2 unspecified atom stereocenters. The number of rotatable bonds is 61. The predicted octanol–water partition coefficient (Wildman–Crippen LogP) is 20.6. The Labute approximate surface area is 450 Å². The molecule has 0 saturated heterocycles. The van der Waals surface area contributed by atoms with Crippen LogP contribution in [0.4, 0.5) is 0 Å². The summed E-state index contributed by atoms with van der Waals surface area (Å²) in [4.78, 5) is 24.6. The molecule has 0 aromatic carbocycles. The molecule has 426 valence electrons. The Morgan fingerprint density at radius 1 is 0.375 bits per heavy atom. The number of unbranched alkanes of at least 4 members (excludes halogenated alkanes) is 46. The number of carbonyl (C=O) groups excluding carboxylic acids is 2. The largest absolute Gasteiger partial charge is 0.466 e. The molecule has 3 N–H and O–H groups in total. The zero-order valence-electron chi connectivity index (χ0n) is 48.7. The molecule has 0 aliphatic heterocycles. The topological polar surface area (TPSA) is 95.9 Å². The number of aliphatic hydroxyl groups is 2. The fourth-order valence-corrected chi connectivity index (χ4v) is 10.2. The Bertz CT molecular complexity index is 1120. The Morgan fingerprint density at radius 2 is 0.653 bits per heavy atom. The minimum atomic E-state index is -0.667. The number of hydrogen-bond acceptors (Lipinski definition) is 5. The molecule has 0 saturated carbocycles. The van der Waals surface area contributed by atoms with Crippen molar-refractivity contribution >= 4 is 11.9 Å². The molecule has 2 atom stereocenters. The molecule has 0 fully saturated rings. The van der Waals surface area contributed by atoms with Crippen LogP contribution in [0.3, 0.4) is 0 Å². The third kappa shape index (κ3) is 57.6. The number of ether oxygens (including phenoxy) is 1. The molecular weight excluding hydrogens is 887 g/mol. The highest BCUT2D eigenvalue weighted by atomic mass is 16.5. The van der Waals surface area contributed by atoms with Gasteiger partial charge in [-0.3, -0.25) is 9.59 Å². The zero-order chi connectivity index (χ0) is 52.2. The van der Waals surface area contributed by atoms with Crippen molar-refractivity contribution in [3.05, 3.63) is 24.3 Å². The van der Waals surface area contributed by atoms with E-state index >= 15 is 0 Å². The van der Waals surface area contributed by atoms with Crippen LogP contribution in [-0.2, 0) is 14.3 Å². The number of allylic oxidation sites excluding steroid dienone is 4. The number of amides is 1. The van der Waals surface area contributed by atoms with E-state index in [2.05, 4.69) is 43.5 Å². The highest BCUT2D eigenvalue weighted by molar-refractivity contribution is 5.76. The van der Waals surface area contributed by atoms with E-state index in [9.17, 15) is 19.8 Å². The summed E-state index contributed by atoms with van der Waals surface area (Å²) >= 11 is 0. The van der Waals surface area contributed by atoms with Crippen LogP contribution in [0.2, 0.25) is 0 Å². The average Bonchev–Trinajstić information content (AvgIpc) is 3.38. The molecule has 0 spiro atoms. The summed E-state index contributed by atoms with van der Waals surface area (Å²) in [5.41, 5.74) is 0. The van der Waals surface area contributed by atoms with E-state index in [1.165, 1.54) is 283 Å². The van der Waals surface area contributed by atoms with Crippen LogP contribution in [0.5, 0.6) is 0 Å². The van der Waals surface area contributed by atoms with Gasteiger partial charge in [0.25, 0.3) is 0 Å². The molecule has 0 rings (SSSR count). The van der Waals surface area contributed by atoms with Gasteiger partial charge in [0.15, 0.2) is 0 Å². The first-order valence-corrected chi connectivity index (χ1v) is 32.6. The summed E-state index contributed by atoms with van der Waals surface area (Å²) < 4.78 is 5.48. The van der Waals surface area contributed by atoms with E-state index in [4.69, 9.17) is 4.74 Å². The lowest BCUT2D eigenvalue weighted by Gasteiger charge is -2.22. The molecule has 0 radical (unpaired) electrons. The second kappa shape index (κ2) is 61.9. The van der Waals surface area contributed by atoms with Crippen LogP contribution in [0.15, 0.2) is 24.3 Å². The summed E-state index contributed by atoms with van der Waals surface area (Å²) in [7, 11) is 0. The molecule has 0 aliphatic rings. The second-order valence-corrected chi connectivity index (χ2v) is 22.4. The molecule has 6 nitrogen and oxygen atoms in total. The molecule has 1 amide bonds. The van der Waals surface area contributed by atoms with Crippen LogP contribution in [-0.4, -0.2) is 47.4 Å². The van der Waals surface area contributed by atoms with Gasteiger partial charge in [-0.1, -0.05) is 295 Å². The molecule has 0 aromatic rings. The quantitative estimate of drug-likeness (QED) is 0.0320. The Morgan fingerprint density at radius 3 is 0.986 bits per heavy atom. The number of carbonyl (C=O) groups is 2. The van der Waals surface area contributed by atoms with Crippen molar-refractivity contribution < 1.29 is 24.5 Å². The fraction of sp³-hybridized carbons (Fsp3) is 0.909. The molecule has 0 heterocycles. The van der Waals surface area contributed by atoms with Gasteiger partial charge in [-0.2, -0.15) is 0 Å². The minimum Gasteiger partial charge on any atom is -0.466 e. The maximum atomic E-state index is 12.5. The lowest BCUT2D eigenvalue weighted by Crippen LogP contribution is -2.45. The normalized spacial score (nSPS) is 12.7. The molecule has 6 heteroatoms. The van der Waals surface area contributed by atoms with Crippen molar-refractivity contribution in [3.63, 3.8) is 0 Å². The first-order valence-electron chi connectivity index (χ1n) is 32.6. The molecule has 0 aliphatic carbocycles. The molecule has 0 aromatic heterocycles. The van der Waals surface area contributed by atoms with Gasteiger partial charge in [-0.25, -0.2) is 0 Å². The summed E-state index contributed by atoms with van der Waals surface area (Å²) in [6, 6.07) is -0.545. The van der Waals surface area contributed by atoms with Gasteiger partial charge in [0, 0.05) is 12.8 Å². The van der Waals surface area contributed by atoms with Gasteiger partial charge in [-0.05, 0) is 77.0 Å². The van der Waals surface area contributed by atoms with Crippen molar-refractivity contribution in [1.82, 2.24) is 5.32 Å². The lowest BCUT2D eigenvalue weighted by molar-refractivity contribution is -0.143. The smallest absolute Gasteiger partial charge is 0.305 e. The minimum absolute atomic E-state index is 0.00449. The van der Waals surface area contributed by atoms with E-state index < -0.39 is 12.1 Å². The summed E-state index contributed by atoms with van der Waals surface area (Å²) in [6.07, 6.45) is 76.2. The number of aliphatic hydroxyl groups excluding tert-OH is 2. The van der Waals surface area contributed by atoms with E-state index in [1.807, 2.05) is 0 Å². The zero-order valence-corrected chi connectivity index (χ0v) is 48.7. The molecule has 0 bridgehead atoms. The molecular formula is C66H127NO5. The predicted molar refractivity (Wildman–Crippen MR) is 315 cm³/mol. The van der Waals surface area contributed by atoms with Gasteiger partial charge in [-0.15, -0.1) is 0 Å². The van der Waals surface area contributed by atoms with Gasteiger partial charge >= 0.3 is 5.97 Å². The van der Waals surface area contributed by atoms with Crippen LogP contribution >= 0.6 is 0 Å². The van der Waals surface area contributed by atoms with Crippen LogP contribution in [0.25, 0.3) is 0 Å². The summed E-state index contributed by atoms with van der Waals surface area (Å²) in [5.74, 6) is -0.0323. The third-order valence-electron chi connectivity index (χ3n) is 15.2. The van der Waals surface area contributed by atoms with Gasteiger partial charge in [0.05, 0.1) is 25.4 Å². The van der Waals surface area contributed by atoms with Gasteiger partial charge in [0.2, 0.25) is 5.91 Å². The standard InChI is InChI=1S/C66H127NO5/c1-3-5-7-9-11-13-15-17-19-28-31-34-38-42-46-50-54-58-64(69)63(62-68)67-65(70)59-55-51-47-43-39-35-32-29-26-24-22-20-21-23-25-27-30-33-37-41-45-49-53-57-61-72-66(71)60-56-52-48-44-40-36-18-16-14-12-10-8-6-4-2/h16,18,22,24,63-64,68-69H,3-15,17,19-21,23,25-62H2,1-2H3,(H,67,70)/b18-16-,24-22-. The van der Waals surface area contributed by atoms with Gasteiger partial charge < -0.3 is 20.3 Å². The number of esters is 1. The first-order chi connectivity index (χ1) is 35.5. The Hall–Kier alpha value is -1.66. The highest BCUT2D eigenvalue weighted by Crippen LogP contribution is 2.18. The maximum Gasteiger partial charge on any atom is 0.305 e. The van der Waals surface area contributed by atoms with Crippen LogP contribution in [0, 0.1) is 0 Å². The van der Waals surface area contributed by atoms with Gasteiger partial charge in [0.1, 0.15) is 0 Å². The molecule has 72 heavy (non-hydrogen) atoms. The lowest BCUT2D eigenvalue weighted by atomic mass is 10.0. The maximum absolute atomic E-state index is 12.5. The number of nitrogens with one attached hydrogen (secondary N) is 1. The average molecular weight is 1010 g/mol. The van der Waals surface area contributed by atoms with Crippen LogP contribution in [0.1, 0.15) is 361 Å². The second-order valence-electron chi connectivity index (χ2n) is 22.4. The monoisotopic (exact) mass is 1010 g/mol. The van der Waals surface area contributed by atoms with Crippen molar-refractivity contribution in [2.75, 3.05) is 13.2 Å². The van der Waals surface area contributed by atoms with Crippen molar-refractivity contribution in [1.29, 1.82) is 0 Å². The SMILES string of the molecule is CCCCCCC/C=C\CCCCCCCC(=O)OCCCCCCCCCCCCCC/C=C\CCCCCCCCCCC(=O)NC(CO)C(O)CCCCCCCCCCCCCCCCCCC. The van der Waals surface area contributed by atoms with E-state index in [0.29, 0.717) is 25.9 Å². The fourth-order valence-electron chi connectivity index (χ4n) is 10.2.